The molecule has 0 aromatic heterocycles. The quantitative estimate of drug-likeness (QED) is 0.691. The maximum Gasteiger partial charge on any atom is 0.0722 e. The van der Waals surface area contributed by atoms with E-state index in [-0.39, 0.29) is 0 Å². The first-order valence-corrected chi connectivity index (χ1v) is 7.66. The van der Waals surface area contributed by atoms with Crippen LogP contribution in [0.15, 0.2) is 42.5 Å². The Morgan fingerprint density at radius 3 is 2.45 bits per heavy atom. The predicted octanol–water partition coefficient (Wildman–Crippen LogP) is 4.27. The van der Waals surface area contributed by atoms with Crippen molar-refractivity contribution < 1.29 is 4.74 Å². The molecule has 2 nitrogen and oxygen atoms in total. The maximum absolute atomic E-state index is 5.81. The zero-order valence-corrected chi connectivity index (χ0v) is 12.2. The fraction of sp³-hybridized carbons (Fsp3) is 0.444. The molecule has 0 aliphatic heterocycles. The number of fused-ring (bicyclic) bond motifs is 1. The van der Waals surface area contributed by atoms with E-state index < -0.39 is 0 Å². The lowest BCUT2D eigenvalue weighted by molar-refractivity contribution is 0.117. The van der Waals surface area contributed by atoms with Gasteiger partial charge < -0.3 is 10.5 Å². The van der Waals surface area contributed by atoms with Crippen LogP contribution in [0.5, 0.6) is 0 Å². The highest BCUT2D eigenvalue weighted by Gasteiger charge is 2.00. The van der Waals surface area contributed by atoms with E-state index in [4.69, 9.17) is 10.5 Å². The first-order valence-electron chi connectivity index (χ1n) is 7.66. The highest BCUT2D eigenvalue weighted by molar-refractivity contribution is 5.85. The lowest BCUT2D eigenvalue weighted by Gasteiger charge is -2.08. The lowest BCUT2D eigenvalue weighted by atomic mass is 10.1. The second kappa shape index (κ2) is 8.72. The maximum atomic E-state index is 5.81. The van der Waals surface area contributed by atoms with E-state index in [0.717, 1.165) is 26.0 Å². The highest BCUT2D eigenvalue weighted by Crippen LogP contribution is 2.19. The molecular weight excluding hydrogens is 246 g/mol. The van der Waals surface area contributed by atoms with Crippen molar-refractivity contribution >= 4 is 10.8 Å². The van der Waals surface area contributed by atoms with E-state index in [2.05, 4.69) is 42.5 Å². The molecule has 0 saturated carbocycles. The van der Waals surface area contributed by atoms with Gasteiger partial charge in [0.2, 0.25) is 0 Å². The molecule has 2 rings (SSSR count). The zero-order valence-electron chi connectivity index (χ0n) is 12.2. The van der Waals surface area contributed by atoms with Gasteiger partial charge in [-0.25, -0.2) is 0 Å². The van der Waals surface area contributed by atoms with Gasteiger partial charge in [0.1, 0.15) is 0 Å². The summed E-state index contributed by atoms with van der Waals surface area (Å²) in [5.74, 6) is 0. The van der Waals surface area contributed by atoms with Gasteiger partial charge in [0.05, 0.1) is 6.61 Å². The Balaban J connectivity index is 1.71. The Hall–Kier alpha value is -1.38. The molecule has 20 heavy (non-hydrogen) atoms. The Labute approximate surface area is 121 Å². The van der Waals surface area contributed by atoms with Crippen molar-refractivity contribution in [3.8, 4) is 0 Å². The number of nitrogens with two attached hydrogens (primary N) is 1. The van der Waals surface area contributed by atoms with Crippen LogP contribution >= 0.6 is 0 Å². The van der Waals surface area contributed by atoms with Crippen LogP contribution in [0.1, 0.15) is 37.7 Å². The summed E-state index contributed by atoms with van der Waals surface area (Å²) >= 11 is 0. The zero-order chi connectivity index (χ0) is 14.0. The van der Waals surface area contributed by atoms with Crippen molar-refractivity contribution in [1.82, 2.24) is 0 Å². The molecule has 0 radical (unpaired) electrons. The third-order valence-corrected chi connectivity index (χ3v) is 3.63. The molecule has 0 amide bonds. The van der Waals surface area contributed by atoms with Crippen LogP contribution in [0.3, 0.4) is 0 Å². The molecule has 0 aliphatic carbocycles. The minimum atomic E-state index is 0.712. The fourth-order valence-corrected chi connectivity index (χ4v) is 2.48. The summed E-state index contributed by atoms with van der Waals surface area (Å²) in [5.41, 5.74) is 6.76. The molecule has 2 aromatic carbocycles. The largest absolute Gasteiger partial charge is 0.377 e. The summed E-state index contributed by atoms with van der Waals surface area (Å²) < 4.78 is 5.81. The predicted molar refractivity (Wildman–Crippen MR) is 85.7 cm³/mol. The van der Waals surface area contributed by atoms with Gasteiger partial charge in [-0.15, -0.1) is 0 Å². The Morgan fingerprint density at radius 1 is 0.800 bits per heavy atom. The monoisotopic (exact) mass is 271 g/mol. The van der Waals surface area contributed by atoms with Crippen LogP contribution in [0.4, 0.5) is 0 Å². The van der Waals surface area contributed by atoms with Crippen molar-refractivity contribution in [2.45, 2.75) is 38.7 Å². The SMILES string of the molecule is NCCCCCCCOCc1cccc2ccccc12. The van der Waals surface area contributed by atoms with E-state index in [1.807, 2.05) is 0 Å². The summed E-state index contributed by atoms with van der Waals surface area (Å²) in [5, 5.41) is 2.59. The smallest absolute Gasteiger partial charge is 0.0722 e. The third kappa shape index (κ3) is 4.62. The molecule has 0 saturated heterocycles. The molecule has 2 aromatic rings. The van der Waals surface area contributed by atoms with Crippen LogP contribution in [0, 0.1) is 0 Å². The van der Waals surface area contributed by atoms with Crippen LogP contribution < -0.4 is 5.73 Å². The summed E-state index contributed by atoms with van der Waals surface area (Å²) in [6, 6.07) is 14.9. The molecule has 0 bridgehead atoms. The molecule has 0 aliphatic rings. The second-order valence-corrected chi connectivity index (χ2v) is 5.25. The van der Waals surface area contributed by atoms with Gasteiger partial charge >= 0.3 is 0 Å². The second-order valence-electron chi connectivity index (χ2n) is 5.25. The Morgan fingerprint density at radius 2 is 1.55 bits per heavy atom. The highest BCUT2D eigenvalue weighted by atomic mass is 16.5. The number of ether oxygens (including phenoxy) is 1. The molecule has 0 fully saturated rings. The normalized spacial score (nSPS) is 11.1. The minimum Gasteiger partial charge on any atom is -0.377 e. The number of rotatable bonds is 9. The lowest BCUT2D eigenvalue weighted by Crippen LogP contribution is -1.99. The van der Waals surface area contributed by atoms with Gasteiger partial charge in [-0.2, -0.15) is 0 Å². The summed E-state index contributed by atoms with van der Waals surface area (Å²) in [4.78, 5) is 0. The molecule has 0 unspecified atom stereocenters. The molecule has 0 heterocycles. The van der Waals surface area contributed by atoms with E-state index in [1.54, 1.807) is 0 Å². The molecule has 2 heteroatoms. The molecule has 0 spiro atoms. The summed E-state index contributed by atoms with van der Waals surface area (Å²) in [6.45, 7) is 2.38. The van der Waals surface area contributed by atoms with Crippen LogP contribution in [-0.4, -0.2) is 13.2 Å². The van der Waals surface area contributed by atoms with Gasteiger partial charge in [-0.05, 0) is 35.7 Å². The van der Waals surface area contributed by atoms with Crippen LogP contribution in [0.25, 0.3) is 10.8 Å². The van der Waals surface area contributed by atoms with Crippen molar-refractivity contribution in [1.29, 1.82) is 0 Å². The van der Waals surface area contributed by atoms with E-state index in [1.165, 1.54) is 35.6 Å². The third-order valence-electron chi connectivity index (χ3n) is 3.63. The van der Waals surface area contributed by atoms with Gasteiger partial charge in [0.25, 0.3) is 0 Å². The van der Waals surface area contributed by atoms with Crippen molar-refractivity contribution in [3.05, 3.63) is 48.0 Å². The molecular formula is C18H25NO. The van der Waals surface area contributed by atoms with Gasteiger partial charge in [0, 0.05) is 6.61 Å². The fourth-order valence-electron chi connectivity index (χ4n) is 2.48. The van der Waals surface area contributed by atoms with E-state index in [9.17, 15) is 0 Å². The topological polar surface area (TPSA) is 35.2 Å². The van der Waals surface area contributed by atoms with Crippen molar-refractivity contribution in [3.63, 3.8) is 0 Å². The first kappa shape index (κ1) is 15.0. The van der Waals surface area contributed by atoms with Crippen molar-refractivity contribution in [2.75, 3.05) is 13.2 Å². The molecule has 0 atom stereocenters. The van der Waals surface area contributed by atoms with E-state index >= 15 is 0 Å². The van der Waals surface area contributed by atoms with Gasteiger partial charge in [-0.1, -0.05) is 61.7 Å². The van der Waals surface area contributed by atoms with E-state index in [0.29, 0.717) is 6.61 Å². The van der Waals surface area contributed by atoms with Crippen molar-refractivity contribution in [2.24, 2.45) is 5.73 Å². The minimum absolute atomic E-state index is 0.712. The Kier molecular flexibility index (Phi) is 6.55. The molecule has 2 N–H and O–H groups in total. The summed E-state index contributed by atoms with van der Waals surface area (Å²) in [6.07, 6.45) is 6.07. The number of benzene rings is 2. The average Bonchev–Trinajstić information content (AvgIpc) is 2.50. The first-order chi connectivity index (χ1) is 9.92. The standard InChI is InChI=1S/C18H25NO/c19-13-6-2-1-3-7-14-20-15-17-11-8-10-16-9-4-5-12-18(16)17/h4-5,8-12H,1-3,6-7,13-15,19H2. The average molecular weight is 271 g/mol. The number of hydrogen-bond acceptors (Lipinski definition) is 2. The number of unbranched alkanes of at least 4 members (excludes halogenated alkanes) is 4. The summed E-state index contributed by atoms with van der Waals surface area (Å²) in [7, 11) is 0. The molecule has 108 valence electrons. The van der Waals surface area contributed by atoms with Crippen LogP contribution in [0.2, 0.25) is 0 Å². The number of hydrogen-bond donors (Lipinski definition) is 1. The van der Waals surface area contributed by atoms with Gasteiger partial charge in [-0.3, -0.25) is 0 Å². The van der Waals surface area contributed by atoms with Crippen LogP contribution in [-0.2, 0) is 11.3 Å². The Bertz CT molecular complexity index is 504. The van der Waals surface area contributed by atoms with Gasteiger partial charge in [0.15, 0.2) is 0 Å².